The molecule has 1 aromatic carbocycles. The zero-order chi connectivity index (χ0) is 26.1. The molecule has 0 aliphatic carbocycles. The number of fused-ring (bicyclic) bond motifs is 1. The van der Waals surface area contributed by atoms with E-state index in [0.717, 1.165) is 34.5 Å². The number of carbonyl (C=O) groups excluding carboxylic acids is 3. The fraction of sp³-hybridized carbons (Fsp3) is 0.577. The molecule has 2 heterocycles. The molecule has 1 fully saturated rings. The third kappa shape index (κ3) is 7.48. The lowest BCUT2D eigenvalue weighted by atomic mass is 9.91. The molecule has 3 rings (SSSR count). The van der Waals surface area contributed by atoms with Crippen LogP contribution < -0.4 is 16.0 Å². The molecule has 1 saturated heterocycles. The lowest BCUT2D eigenvalue weighted by Crippen LogP contribution is -2.55. The van der Waals surface area contributed by atoms with Crippen molar-refractivity contribution < 1.29 is 19.1 Å². The van der Waals surface area contributed by atoms with Crippen molar-refractivity contribution in [2.45, 2.75) is 65.0 Å². The Morgan fingerprint density at radius 2 is 1.94 bits per heavy atom. The molecule has 0 spiro atoms. The predicted octanol–water partition coefficient (Wildman–Crippen LogP) is 2.48. The van der Waals surface area contributed by atoms with Crippen LogP contribution in [0.25, 0.3) is 10.2 Å². The third-order valence-electron chi connectivity index (χ3n) is 6.50. The predicted molar refractivity (Wildman–Crippen MR) is 138 cm³/mol. The van der Waals surface area contributed by atoms with Crippen molar-refractivity contribution in [2.24, 2.45) is 11.8 Å². The first-order chi connectivity index (χ1) is 17.3. The van der Waals surface area contributed by atoms with Crippen LogP contribution >= 0.6 is 11.3 Å². The summed E-state index contributed by atoms with van der Waals surface area (Å²) < 4.78 is 6.52. The van der Waals surface area contributed by atoms with E-state index in [1.165, 1.54) is 23.8 Å². The van der Waals surface area contributed by atoms with Crippen LogP contribution in [0.2, 0.25) is 0 Å². The number of nitrogens with zero attached hydrogens (tertiary/aromatic N) is 2. The van der Waals surface area contributed by atoms with E-state index < -0.39 is 12.0 Å². The molecule has 2 aromatic rings. The molecule has 1 aliphatic heterocycles. The lowest BCUT2D eigenvalue weighted by molar-refractivity contribution is -0.130. The molecule has 3 amide bonds. The van der Waals surface area contributed by atoms with Crippen LogP contribution in [0.15, 0.2) is 18.2 Å². The van der Waals surface area contributed by atoms with E-state index in [1.54, 1.807) is 6.92 Å². The monoisotopic (exact) mass is 513 g/mol. The Kier molecular flexibility index (Phi) is 10.2. The number of aryl methyl sites for hydroxylation is 1. The molecule has 0 bridgehead atoms. The highest BCUT2D eigenvalue weighted by Crippen LogP contribution is 2.25. The van der Waals surface area contributed by atoms with Crippen LogP contribution in [0.5, 0.6) is 0 Å². The number of nitrogens with one attached hydrogen (secondary N) is 3. The van der Waals surface area contributed by atoms with Gasteiger partial charge in [-0.1, -0.05) is 19.9 Å². The number of aromatic nitrogens is 1. The summed E-state index contributed by atoms with van der Waals surface area (Å²) in [4.78, 5) is 42.6. The van der Waals surface area contributed by atoms with Crippen molar-refractivity contribution in [2.75, 3.05) is 19.8 Å². The molecule has 0 radical (unpaired) electrons. The van der Waals surface area contributed by atoms with E-state index in [1.807, 2.05) is 12.1 Å². The average Bonchev–Trinajstić information content (AvgIpc) is 3.31. The highest BCUT2D eigenvalue weighted by molar-refractivity contribution is 7.18. The molecule has 10 heteroatoms. The Hall–Kier alpha value is -3.03. The van der Waals surface area contributed by atoms with Crippen molar-refractivity contribution in [3.05, 3.63) is 28.8 Å². The van der Waals surface area contributed by atoms with Gasteiger partial charge in [-0.3, -0.25) is 14.4 Å². The number of hydrogen-bond acceptors (Lipinski definition) is 7. The van der Waals surface area contributed by atoms with Crippen LogP contribution in [-0.4, -0.2) is 54.5 Å². The van der Waals surface area contributed by atoms with Crippen LogP contribution in [0.4, 0.5) is 0 Å². The number of nitriles is 1. The minimum Gasteiger partial charge on any atom is -0.381 e. The molecule has 0 saturated carbocycles. The van der Waals surface area contributed by atoms with Gasteiger partial charge in [0.15, 0.2) is 0 Å². The lowest BCUT2D eigenvalue weighted by Gasteiger charge is -2.32. The summed E-state index contributed by atoms with van der Waals surface area (Å²) in [7, 11) is 0. The Labute approximate surface area is 216 Å². The van der Waals surface area contributed by atoms with E-state index in [2.05, 4.69) is 40.0 Å². The van der Waals surface area contributed by atoms with Crippen molar-refractivity contribution in [1.29, 1.82) is 5.26 Å². The molecular weight excluding hydrogens is 478 g/mol. The number of amides is 3. The van der Waals surface area contributed by atoms with Crippen molar-refractivity contribution in [3.8, 4) is 6.07 Å². The van der Waals surface area contributed by atoms with Gasteiger partial charge in [-0.15, -0.1) is 11.3 Å². The largest absolute Gasteiger partial charge is 0.381 e. The Bertz CT molecular complexity index is 1110. The van der Waals surface area contributed by atoms with Gasteiger partial charge in [0, 0.05) is 38.6 Å². The van der Waals surface area contributed by atoms with Gasteiger partial charge in [-0.2, -0.15) is 5.26 Å². The smallest absolute Gasteiger partial charge is 0.243 e. The van der Waals surface area contributed by atoms with Gasteiger partial charge in [-0.05, 0) is 49.8 Å². The third-order valence-corrected chi connectivity index (χ3v) is 7.54. The molecule has 3 N–H and O–H groups in total. The standard InChI is InChI=1S/C26H35N5O4S/c1-4-17-6-7-19-22(12-17)36-24(30-19)13-20(29-23(32)5-2)26(34)31-21(18-8-10-35-11-9-18)15-28-25(33)16(3)14-27/h6-7,12,16,18,20-21H,4-5,8-11,13,15H2,1-3H3,(H,28,33)(H,29,32)(H,31,34)/t16-,20+,21-/m1/s1. The van der Waals surface area contributed by atoms with Gasteiger partial charge >= 0.3 is 0 Å². The van der Waals surface area contributed by atoms with Crippen molar-refractivity contribution in [3.63, 3.8) is 0 Å². The van der Waals surface area contributed by atoms with Gasteiger partial charge in [0.2, 0.25) is 17.7 Å². The van der Waals surface area contributed by atoms with Crippen molar-refractivity contribution >= 4 is 39.3 Å². The van der Waals surface area contributed by atoms with E-state index in [-0.39, 0.29) is 49.1 Å². The highest BCUT2D eigenvalue weighted by atomic mass is 32.1. The minimum atomic E-state index is -0.792. The van der Waals surface area contributed by atoms with E-state index in [0.29, 0.717) is 13.2 Å². The number of carbonyl (C=O) groups is 3. The maximum atomic E-state index is 13.5. The summed E-state index contributed by atoms with van der Waals surface area (Å²) in [5.41, 5.74) is 2.10. The minimum absolute atomic E-state index is 0.109. The number of thiazole rings is 1. The zero-order valence-electron chi connectivity index (χ0n) is 21.1. The summed E-state index contributed by atoms with van der Waals surface area (Å²) >= 11 is 1.53. The quantitative estimate of drug-likeness (QED) is 0.423. The first-order valence-electron chi connectivity index (χ1n) is 12.6. The second kappa shape index (κ2) is 13.3. The van der Waals surface area contributed by atoms with Gasteiger partial charge in [-0.25, -0.2) is 4.98 Å². The first-order valence-corrected chi connectivity index (χ1v) is 13.4. The molecule has 1 aromatic heterocycles. The van der Waals surface area contributed by atoms with Crippen molar-refractivity contribution in [1.82, 2.24) is 20.9 Å². The van der Waals surface area contributed by atoms with Crippen LogP contribution in [0.3, 0.4) is 0 Å². The van der Waals surface area contributed by atoms with E-state index >= 15 is 0 Å². The van der Waals surface area contributed by atoms with E-state index in [4.69, 9.17) is 10.00 Å². The molecule has 9 nitrogen and oxygen atoms in total. The fourth-order valence-electron chi connectivity index (χ4n) is 4.16. The molecule has 0 unspecified atom stereocenters. The summed E-state index contributed by atoms with van der Waals surface area (Å²) in [6, 6.07) is 6.94. The zero-order valence-corrected chi connectivity index (χ0v) is 22.0. The maximum Gasteiger partial charge on any atom is 0.243 e. The topological polar surface area (TPSA) is 133 Å². The van der Waals surface area contributed by atoms with E-state index in [9.17, 15) is 14.4 Å². The summed E-state index contributed by atoms with van der Waals surface area (Å²) in [6.45, 7) is 6.75. The fourth-order valence-corrected chi connectivity index (χ4v) is 5.24. The molecule has 3 atom stereocenters. The molecule has 36 heavy (non-hydrogen) atoms. The number of benzene rings is 1. The second-order valence-corrected chi connectivity index (χ2v) is 10.2. The van der Waals surface area contributed by atoms with Gasteiger partial charge in [0.1, 0.15) is 12.0 Å². The summed E-state index contributed by atoms with van der Waals surface area (Å²) in [6.07, 6.45) is 2.96. The molecular formula is C26H35N5O4S. The van der Waals surface area contributed by atoms with Gasteiger partial charge in [0.25, 0.3) is 0 Å². The second-order valence-electron chi connectivity index (χ2n) is 9.10. The normalized spacial score (nSPS) is 16.5. The van der Waals surface area contributed by atoms with Crippen LogP contribution in [0.1, 0.15) is 50.6 Å². The van der Waals surface area contributed by atoms with Gasteiger partial charge in [0.05, 0.1) is 21.3 Å². The summed E-state index contributed by atoms with van der Waals surface area (Å²) in [5, 5.41) is 18.5. The number of ether oxygens (including phenoxy) is 1. The molecule has 1 aliphatic rings. The number of rotatable bonds is 11. The first kappa shape index (κ1) is 27.6. The Morgan fingerprint density at radius 3 is 2.61 bits per heavy atom. The maximum absolute atomic E-state index is 13.5. The highest BCUT2D eigenvalue weighted by Gasteiger charge is 2.30. The number of hydrogen-bond donors (Lipinski definition) is 3. The molecule has 194 valence electrons. The Balaban J connectivity index is 1.76. The average molecular weight is 514 g/mol. The Morgan fingerprint density at radius 1 is 1.19 bits per heavy atom. The SMILES string of the molecule is CCC(=O)N[C@@H](Cc1nc2ccc(CC)cc2s1)C(=O)N[C@H](CNC(=O)[C@H](C)C#N)C1CCOCC1. The van der Waals surface area contributed by atoms with Crippen LogP contribution in [-0.2, 0) is 32.0 Å². The summed E-state index contributed by atoms with van der Waals surface area (Å²) in [5.74, 6) is -1.58. The van der Waals surface area contributed by atoms with Crippen LogP contribution in [0, 0.1) is 23.2 Å². The van der Waals surface area contributed by atoms with Gasteiger partial charge < -0.3 is 20.7 Å².